The van der Waals surface area contributed by atoms with Crippen LogP contribution in [0.1, 0.15) is 18.1 Å². The summed E-state index contributed by atoms with van der Waals surface area (Å²) in [4.78, 5) is 25.2. The van der Waals surface area contributed by atoms with Crippen molar-refractivity contribution in [2.24, 2.45) is 0 Å². The Labute approximate surface area is 173 Å². The van der Waals surface area contributed by atoms with Gasteiger partial charge in [0.1, 0.15) is 6.61 Å². The van der Waals surface area contributed by atoms with Crippen LogP contribution >= 0.6 is 0 Å². The van der Waals surface area contributed by atoms with Gasteiger partial charge in [-0.1, -0.05) is 24.3 Å². The van der Waals surface area contributed by atoms with Gasteiger partial charge in [0.2, 0.25) is 0 Å². The van der Waals surface area contributed by atoms with Crippen molar-refractivity contribution in [2.45, 2.75) is 6.92 Å². The van der Waals surface area contributed by atoms with Crippen LogP contribution in [0, 0.1) is 0 Å². The van der Waals surface area contributed by atoms with Gasteiger partial charge in [0, 0.05) is 22.7 Å². The standard InChI is InChI=1S/C23H21NO6/c1-4-29-23(26)24-12-16(15-7-5-6-8-18(15)24)21-17(13-30-22(21)25)14-9-10-19(27-2)20(11-14)28-3/h5-12H,4,13H2,1-3H3. The molecule has 3 aromatic rings. The van der Waals surface area contributed by atoms with Crippen molar-refractivity contribution < 1.29 is 28.5 Å². The van der Waals surface area contributed by atoms with Crippen LogP contribution < -0.4 is 9.47 Å². The summed E-state index contributed by atoms with van der Waals surface area (Å²) in [6.07, 6.45) is 1.13. The van der Waals surface area contributed by atoms with Crippen molar-refractivity contribution in [1.82, 2.24) is 4.57 Å². The Kier molecular flexibility index (Phi) is 5.18. The first-order valence-corrected chi connectivity index (χ1v) is 9.49. The molecule has 7 heteroatoms. The van der Waals surface area contributed by atoms with E-state index in [2.05, 4.69) is 0 Å². The van der Waals surface area contributed by atoms with E-state index in [9.17, 15) is 9.59 Å². The highest BCUT2D eigenvalue weighted by atomic mass is 16.5. The lowest BCUT2D eigenvalue weighted by Gasteiger charge is -2.10. The first-order valence-electron chi connectivity index (χ1n) is 9.49. The molecule has 0 unspecified atom stereocenters. The van der Waals surface area contributed by atoms with Gasteiger partial charge in [0.15, 0.2) is 11.5 Å². The van der Waals surface area contributed by atoms with E-state index in [1.807, 2.05) is 30.3 Å². The molecule has 0 radical (unpaired) electrons. The lowest BCUT2D eigenvalue weighted by molar-refractivity contribution is -0.133. The number of cyclic esters (lactones) is 1. The van der Waals surface area contributed by atoms with Crippen molar-refractivity contribution in [3.05, 3.63) is 59.8 Å². The second-order valence-electron chi connectivity index (χ2n) is 6.63. The van der Waals surface area contributed by atoms with Crippen LogP contribution in [0.2, 0.25) is 0 Å². The smallest absolute Gasteiger partial charge is 0.418 e. The Morgan fingerprint density at radius 2 is 1.87 bits per heavy atom. The van der Waals surface area contributed by atoms with Crippen LogP contribution in [0.25, 0.3) is 22.0 Å². The first kappa shape index (κ1) is 19.6. The summed E-state index contributed by atoms with van der Waals surface area (Å²) in [5.74, 6) is 0.703. The number of rotatable bonds is 5. The SMILES string of the molecule is CCOC(=O)n1cc(C2=C(c3ccc(OC)c(OC)c3)COC2=O)c2ccccc21. The van der Waals surface area contributed by atoms with Crippen molar-refractivity contribution in [3.8, 4) is 11.5 Å². The lowest BCUT2D eigenvalue weighted by atomic mass is 9.96. The van der Waals surface area contributed by atoms with Gasteiger partial charge >= 0.3 is 12.1 Å². The second kappa shape index (κ2) is 7.94. The highest BCUT2D eigenvalue weighted by molar-refractivity contribution is 6.30. The predicted molar refractivity (Wildman–Crippen MR) is 112 cm³/mol. The molecule has 1 aliphatic rings. The molecule has 1 aliphatic heterocycles. The fraction of sp³-hybridized carbons (Fsp3) is 0.217. The number of hydrogen-bond acceptors (Lipinski definition) is 6. The molecular formula is C23H21NO6. The number of nitrogens with zero attached hydrogens (tertiary/aromatic N) is 1. The molecule has 7 nitrogen and oxygen atoms in total. The lowest BCUT2D eigenvalue weighted by Crippen LogP contribution is -2.12. The van der Waals surface area contributed by atoms with Gasteiger partial charge in [-0.3, -0.25) is 4.57 Å². The summed E-state index contributed by atoms with van der Waals surface area (Å²) in [7, 11) is 3.12. The zero-order valence-electron chi connectivity index (χ0n) is 16.9. The first-order chi connectivity index (χ1) is 14.6. The van der Waals surface area contributed by atoms with Crippen molar-refractivity contribution in [3.63, 3.8) is 0 Å². The molecular weight excluding hydrogens is 386 g/mol. The van der Waals surface area contributed by atoms with Crippen molar-refractivity contribution >= 4 is 34.1 Å². The largest absolute Gasteiger partial charge is 0.493 e. The zero-order chi connectivity index (χ0) is 21.3. The number of benzene rings is 2. The van der Waals surface area contributed by atoms with Crippen molar-refractivity contribution in [2.75, 3.05) is 27.4 Å². The van der Waals surface area contributed by atoms with Crippen LogP contribution in [0.3, 0.4) is 0 Å². The van der Waals surface area contributed by atoms with E-state index in [-0.39, 0.29) is 13.2 Å². The third-order valence-electron chi connectivity index (χ3n) is 5.03. The number of fused-ring (bicyclic) bond motifs is 1. The van der Waals surface area contributed by atoms with Crippen LogP contribution in [-0.4, -0.2) is 44.1 Å². The van der Waals surface area contributed by atoms with Gasteiger partial charge in [-0.05, 0) is 30.7 Å². The monoisotopic (exact) mass is 407 g/mol. The molecule has 0 fully saturated rings. The molecule has 1 aromatic heterocycles. The molecule has 30 heavy (non-hydrogen) atoms. The minimum atomic E-state index is -0.500. The predicted octanol–water partition coefficient (Wildman–Crippen LogP) is 4.13. The molecule has 0 bridgehead atoms. The normalized spacial score (nSPS) is 13.5. The maximum Gasteiger partial charge on any atom is 0.418 e. The summed E-state index contributed by atoms with van der Waals surface area (Å²) < 4.78 is 22.7. The van der Waals surface area contributed by atoms with Gasteiger partial charge in [-0.25, -0.2) is 9.59 Å². The van der Waals surface area contributed by atoms with E-state index in [1.54, 1.807) is 39.5 Å². The summed E-state index contributed by atoms with van der Waals surface area (Å²) in [5.41, 5.74) is 3.19. The number of aromatic nitrogens is 1. The third-order valence-corrected chi connectivity index (χ3v) is 5.03. The van der Waals surface area contributed by atoms with Gasteiger partial charge in [0.05, 0.1) is 31.9 Å². The zero-order valence-corrected chi connectivity index (χ0v) is 16.9. The molecule has 0 aliphatic carbocycles. The van der Waals surface area contributed by atoms with Crippen LogP contribution in [-0.2, 0) is 14.3 Å². The Morgan fingerprint density at radius 1 is 1.10 bits per heavy atom. The average molecular weight is 407 g/mol. The van der Waals surface area contributed by atoms with Crippen LogP contribution in [0.15, 0.2) is 48.7 Å². The number of esters is 1. The fourth-order valence-corrected chi connectivity index (χ4v) is 3.65. The summed E-state index contributed by atoms with van der Waals surface area (Å²) in [6.45, 7) is 2.13. The number of methoxy groups -OCH3 is 2. The molecule has 0 N–H and O–H groups in total. The summed E-state index contributed by atoms with van der Waals surface area (Å²) in [6, 6.07) is 12.8. The number of carbonyl (C=O) groups is 2. The van der Waals surface area contributed by atoms with Gasteiger partial charge in [0.25, 0.3) is 0 Å². The minimum Gasteiger partial charge on any atom is -0.493 e. The topological polar surface area (TPSA) is 76.0 Å². The maximum absolute atomic E-state index is 12.7. The van der Waals surface area contributed by atoms with E-state index in [4.69, 9.17) is 18.9 Å². The van der Waals surface area contributed by atoms with Gasteiger partial charge in [-0.2, -0.15) is 0 Å². The Balaban J connectivity index is 1.93. The highest BCUT2D eigenvalue weighted by Gasteiger charge is 2.31. The van der Waals surface area contributed by atoms with E-state index in [1.165, 1.54) is 4.57 Å². The molecule has 0 atom stereocenters. The Hall–Kier alpha value is -3.74. The number of hydrogen-bond donors (Lipinski definition) is 0. The molecule has 0 spiro atoms. The van der Waals surface area contributed by atoms with Crippen LogP contribution in [0.5, 0.6) is 11.5 Å². The minimum absolute atomic E-state index is 0.128. The molecule has 4 rings (SSSR count). The van der Waals surface area contributed by atoms with E-state index < -0.39 is 12.1 Å². The van der Waals surface area contributed by atoms with E-state index in [0.717, 1.165) is 10.9 Å². The van der Waals surface area contributed by atoms with E-state index in [0.29, 0.717) is 33.7 Å². The third kappa shape index (κ3) is 3.18. The number of para-hydroxylation sites is 1. The Morgan fingerprint density at radius 3 is 2.60 bits per heavy atom. The molecule has 2 aromatic carbocycles. The van der Waals surface area contributed by atoms with Crippen LogP contribution in [0.4, 0.5) is 4.79 Å². The number of carbonyl (C=O) groups excluding carboxylic acids is 2. The van der Waals surface area contributed by atoms with E-state index >= 15 is 0 Å². The summed E-state index contributed by atoms with van der Waals surface area (Å²) in [5, 5.41) is 0.761. The molecule has 0 saturated carbocycles. The summed E-state index contributed by atoms with van der Waals surface area (Å²) >= 11 is 0. The molecule has 0 amide bonds. The van der Waals surface area contributed by atoms with Gasteiger partial charge < -0.3 is 18.9 Å². The fourth-order valence-electron chi connectivity index (χ4n) is 3.65. The highest BCUT2D eigenvalue weighted by Crippen LogP contribution is 2.39. The quantitative estimate of drug-likeness (QED) is 0.592. The number of ether oxygens (including phenoxy) is 4. The maximum atomic E-state index is 12.7. The molecule has 154 valence electrons. The molecule has 2 heterocycles. The second-order valence-corrected chi connectivity index (χ2v) is 6.63. The average Bonchev–Trinajstić information content (AvgIpc) is 3.33. The Bertz CT molecular complexity index is 1170. The molecule has 0 saturated heterocycles. The van der Waals surface area contributed by atoms with Crippen molar-refractivity contribution in [1.29, 1.82) is 0 Å². The van der Waals surface area contributed by atoms with Gasteiger partial charge in [-0.15, -0.1) is 0 Å².